The van der Waals surface area contributed by atoms with E-state index in [9.17, 15) is 17.6 Å². The Hall–Kier alpha value is -1.77. The van der Waals surface area contributed by atoms with E-state index in [1.807, 2.05) is 16.3 Å². The lowest BCUT2D eigenvalue weighted by Gasteiger charge is -2.34. The number of hydrogen-bond donors (Lipinski definition) is 0. The first-order valence-electron chi connectivity index (χ1n) is 9.52. The number of amides is 1. The Labute approximate surface area is 168 Å². The number of benzene rings is 1. The van der Waals surface area contributed by atoms with Crippen LogP contribution in [0.1, 0.15) is 31.2 Å². The van der Waals surface area contributed by atoms with Crippen molar-refractivity contribution in [2.45, 2.75) is 43.2 Å². The quantitative estimate of drug-likeness (QED) is 0.716. The van der Waals surface area contributed by atoms with Crippen LogP contribution in [0.2, 0.25) is 0 Å². The highest BCUT2D eigenvalue weighted by Crippen LogP contribution is 2.32. The minimum Gasteiger partial charge on any atom is -0.335 e. The van der Waals surface area contributed by atoms with Crippen molar-refractivity contribution in [1.29, 1.82) is 0 Å². The molecule has 1 aromatic carbocycles. The van der Waals surface area contributed by atoms with E-state index in [4.69, 9.17) is 0 Å². The maximum atomic E-state index is 13.2. The van der Waals surface area contributed by atoms with E-state index in [1.54, 1.807) is 11.3 Å². The van der Waals surface area contributed by atoms with Crippen LogP contribution in [0.3, 0.4) is 0 Å². The fraction of sp³-hybridized carbons (Fsp3) is 0.450. The van der Waals surface area contributed by atoms with Gasteiger partial charge in [0.25, 0.3) is 0 Å². The molecule has 5 nitrogen and oxygen atoms in total. The Bertz CT molecular complexity index is 925. The normalized spacial score (nSPS) is 20.8. The molecule has 1 aliphatic heterocycles. The molecule has 2 fully saturated rings. The van der Waals surface area contributed by atoms with Crippen molar-refractivity contribution in [3.8, 4) is 0 Å². The van der Waals surface area contributed by atoms with Gasteiger partial charge >= 0.3 is 0 Å². The summed E-state index contributed by atoms with van der Waals surface area (Å²) in [6.45, 7) is 1.16. The first-order chi connectivity index (χ1) is 13.4. The summed E-state index contributed by atoms with van der Waals surface area (Å²) in [4.78, 5) is 15.2. The molecule has 1 atom stereocenters. The predicted octanol–water partition coefficient (Wildman–Crippen LogP) is 3.48. The van der Waals surface area contributed by atoms with Crippen LogP contribution in [0.25, 0.3) is 0 Å². The molecule has 2 aliphatic rings. The number of halogens is 1. The van der Waals surface area contributed by atoms with Crippen molar-refractivity contribution in [2.24, 2.45) is 5.92 Å². The Balaban J connectivity index is 1.49. The number of carbonyl (C=O) groups excluding carboxylic acids is 1. The maximum absolute atomic E-state index is 13.2. The van der Waals surface area contributed by atoms with E-state index in [1.165, 1.54) is 16.4 Å². The number of thiophene rings is 1. The third-order valence-corrected chi connectivity index (χ3v) is 8.00. The molecule has 0 bridgehead atoms. The second-order valence-electron chi connectivity index (χ2n) is 7.49. The number of piperidine rings is 1. The molecule has 0 N–H and O–H groups in total. The second kappa shape index (κ2) is 7.93. The van der Waals surface area contributed by atoms with Gasteiger partial charge in [0.15, 0.2) is 0 Å². The number of sulfonamides is 1. The van der Waals surface area contributed by atoms with Crippen LogP contribution in [0.5, 0.6) is 0 Å². The SMILES string of the molecule is O=C(C1CCCN(S(=O)(=O)c2ccc(F)cc2)C1)N(Cc1ccsc1)C1CC1. The Kier molecular flexibility index (Phi) is 5.53. The van der Waals surface area contributed by atoms with Gasteiger partial charge in [0, 0.05) is 25.7 Å². The van der Waals surface area contributed by atoms with Crippen LogP contribution in [0.4, 0.5) is 4.39 Å². The average Bonchev–Trinajstić information content (AvgIpc) is 3.41. The highest BCUT2D eigenvalue weighted by Gasteiger charge is 2.39. The van der Waals surface area contributed by atoms with Crippen molar-refractivity contribution < 1.29 is 17.6 Å². The summed E-state index contributed by atoms with van der Waals surface area (Å²) in [6, 6.07) is 7.16. The monoisotopic (exact) mass is 422 g/mol. The fourth-order valence-electron chi connectivity index (χ4n) is 3.70. The first-order valence-corrected chi connectivity index (χ1v) is 11.9. The molecule has 1 saturated carbocycles. The summed E-state index contributed by atoms with van der Waals surface area (Å²) in [5.41, 5.74) is 1.12. The van der Waals surface area contributed by atoms with E-state index in [2.05, 4.69) is 5.38 Å². The molecule has 2 heterocycles. The molecule has 1 unspecified atom stereocenters. The maximum Gasteiger partial charge on any atom is 0.243 e. The lowest BCUT2D eigenvalue weighted by molar-refractivity contribution is -0.138. The second-order valence-corrected chi connectivity index (χ2v) is 10.2. The van der Waals surface area contributed by atoms with Crippen LogP contribution in [-0.4, -0.2) is 42.7 Å². The van der Waals surface area contributed by atoms with Crippen LogP contribution in [-0.2, 0) is 21.4 Å². The molecule has 1 aromatic heterocycles. The first kappa shape index (κ1) is 19.5. The summed E-state index contributed by atoms with van der Waals surface area (Å²) in [7, 11) is -3.73. The number of carbonyl (C=O) groups is 1. The topological polar surface area (TPSA) is 57.7 Å². The van der Waals surface area contributed by atoms with Gasteiger partial charge in [-0.15, -0.1) is 0 Å². The Morgan fingerprint density at radius 2 is 1.93 bits per heavy atom. The van der Waals surface area contributed by atoms with E-state index in [-0.39, 0.29) is 29.3 Å². The number of hydrogen-bond acceptors (Lipinski definition) is 4. The molecule has 1 saturated heterocycles. The van der Waals surface area contributed by atoms with E-state index in [0.29, 0.717) is 25.9 Å². The highest BCUT2D eigenvalue weighted by molar-refractivity contribution is 7.89. The molecule has 0 spiro atoms. The molecule has 0 radical (unpaired) electrons. The number of nitrogens with zero attached hydrogens (tertiary/aromatic N) is 2. The molecule has 4 rings (SSSR count). The van der Waals surface area contributed by atoms with Crippen molar-refractivity contribution in [2.75, 3.05) is 13.1 Å². The highest BCUT2D eigenvalue weighted by atomic mass is 32.2. The van der Waals surface area contributed by atoms with Gasteiger partial charge in [-0.05, 0) is 72.3 Å². The molecule has 150 valence electrons. The molecular weight excluding hydrogens is 399 g/mol. The zero-order valence-electron chi connectivity index (χ0n) is 15.5. The minimum absolute atomic E-state index is 0.0488. The molecule has 1 amide bonds. The van der Waals surface area contributed by atoms with Crippen molar-refractivity contribution in [1.82, 2.24) is 9.21 Å². The van der Waals surface area contributed by atoms with E-state index in [0.717, 1.165) is 30.5 Å². The lowest BCUT2D eigenvalue weighted by Crippen LogP contribution is -2.47. The van der Waals surface area contributed by atoms with Gasteiger partial charge in [0.1, 0.15) is 5.82 Å². The smallest absolute Gasteiger partial charge is 0.243 e. The zero-order valence-corrected chi connectivity index (χ0v) is 17.1. The zero-order chi connectivity index (χ0) is 19.7. The summed E-state index contributed by atoms with van der Waals surface area (Å²) in [5, 5.41) is 4.05. The van der Waals surface area contributed by atoms with Gasteiger partial charge < -0.3 is 4.90 Å². The van der Waals surface area contributed by atoms with Gasteiger partial charge in [0.2, 0.25) is 15.9 Å². The average molecular weight is 423 g/mol. The lowest BCUT2D eigenvalue weighted by atomic mass is 9.97. The van der Waals surface area contributed by atoms with Crippen LogP contribution in [0.15, 0.2) is 46.0 Å². The van der Waals surface area contributed by atoms with Gasteiger partial charge in [-0.25, -0.2) is 12.8 Å². The summed E-state index contributed by atoms with van der Waals surface area (Å²) >= 11 is 1.61. The molecule has 28 heavy (non-hydrogen) atoms. The van der Waals surface area contributed by atoms with Crippen LogP contribution < -0.4 is 0 Å². The van der Waals surface area contributed by atoms with Crippen LogP contribution in [0, 0.1) is 11.7 Å². The largest absolute Gasteiger partial charge is 0.335 e. The fourth-order valence-corrected chi connectivity index (χ4v) is 5.89. The third kappa shape index (κ3) is 4.14. The molecule has 2 aromatic rings. The van der Waals surface area contributed by atoms with E-state index < -0.39 is 15.8 Å². The van der Waals surface area contributed by atoms with E-state index >= 15 is 0 Å². The summed E-state index contributed by atoms with van der Waals surface area (Å²) in [5.74, 6) is -0.755. The Morgan fingerprint density at radius 1 is 1.18 bits per heavy atom. The predicted molar refractivity (Wildman–Crippen MR) is 106 cm³/mol. The molecule has 1 aliphatic carbocycles. The Morgan fingerprint density at radius 3 is 2.57 bits per heavy atom. The summed E-state index contributed by atoms with van der Waals surface area (Å²) < 4.78 is 40.4. The summed E-state index contributed by atoms with van der Waals surface area (Å²) in [6.07, 6.45) is 3.37. The van der Waals surface area contributed by atoms with Gasteiger partial charge in [-0.2, -0.15) is 15.6 Å². The number of rotatable bonds is 6. The van der Waals surface area contributed by atoms with Crippen molar-refractivity contribution in [3.05, 3.63) is 52.5 Å². The third-order valence-electron chi connectivity index (χ3n) is 5.39. The van der Waals surface area contributed by atoms with Gasteiger partial charge in [-0.3, -0.25) is 4.79 Å². The minimum atomic E-state index is -3.73. The van der Waals surface area contributed by atoms with Gasteiger partial charge in [0.05, 0.1) is 10.8 Å². The van der Waals surface area contributed by atoms with Crippen molar-refractivity contribution in [3.63, 3.8) is 0 Å². The van der Waals surface area contributed by atoms with Gasteiger partial charge in [-0.1, -0.05) is 0 Å². The van der Waals surface area contributed by atoms with Crippen molar-refractivity contribution >= 4 is 27.3 Å². The standard InChI is InChI=1S/C20H23FN2O3S2/c21-17-3-7-19(8-4-17)28(25,26)22-10-1-2-16(13-22)20(24)23(18-5-6-18)12-15-9-11-27-14-15/h3-4,7-9,11,14,16,18H,1-2,5-6,10,12-13H2. The molecule has 8 heteroatoms. The van der Waals surface area contributed by atoms with Crippen LogP contribution >= 0.6 is 11.3 Å². The molecular formula is C20H23FN2O3S2.